The van der Waals surface area contributed by atoms with E-state index in [-0.39, 0.29) is 12.0 Å². The first kappa shape index (κ1) is 23.6. The Labute approximate surface area is 209 Å². The van der Waals surface area contributed by atoms with Gasteiger partial charge in [-0.2, -0.15) is 0 Å². The Kier molecular flexibility index (Phi) is 7.11. The summed E-state index contributed by atoms with van der Waals surface area (Å²) in [7, 11) is 1.81. The lowest BCUT2D eigenvalue weighted by Gasteiger charge is -2.44. The molecule has 0 N–H and O–H groups in total. The van der Waals surface area contributed by atoms with Crippen LogP contribution in [0.15, 0.2) is 47.0 Å². The number of rotatable bonds is 5. The highest BCUT2D eigenvalue weighted by Gasteiger charge is 2.35. The number of fused-ring (bicyclic) bond motifs is 1. The molecule has 3 heterocycles. The Balaban J connectivity index is 1.17. The number of hydrogen-bond acceptors (Lipinski definition) is 5. The summed E-state index contributed by atoms with van der Waals surface area (Å²) < 4.78 is 11.2. The molecule has 0 saturated carbocycles. The molecule has 5 rings (SSSR count). The molecule has 180 valence electrons. The van der Waals surface area contributed by atoms with Crippen molar-refractivity contribution in [3.8, 4) is 0 Å². The van der Waals surface area contributed by atoms with E-state index in [4.69, 9.17) is 32.5 Å². The SMILES string of the molecule is CO[C@@H]1CN(C2CCN(C(=O)c3noc4ccccc34)CC2)CCC1Cc1ccc(Cl)c(Cl)c1. The van der Waals surface area contributed by atoms with Gasteiger partial charge in [-0.1, -0.05) is 46.6 Å². The van der Waals surface area contributed by atoms with Gasteiger partial charge in [-0.25, -0.2) is 0 Å². The average Bonchev–Trinajstić information content (AvgIpc) is 3.30. The highest BCUT2D eigenvalue weighted by atomic mass is 35.5. The molecule has 1 unspecified atom stereocenters. The molecule has 0 spiro atoms. The monoisotopic (exact) mass is 501 g/mol. The molecule has 1 amide bonds. The molecule has 8 heteroatoms. The van der Waals surface area contributed by atoms with Gasteiger partial charge in [0.2, 0.25) is 0 Å². The van der Waals surface area contributed by atoms with Gasteiger partial charge in [0.05, 0.1) is 21.5 Å². The van der Waals surface area contributed by atoms with Crippen molar-refractivity contribution < 1.29 is 14.1 Å². The first-order chi connectivity index (χ1) is 16.5. The van der Waals surface area contributed by atoms with Gasteiger partial charge < -0.3 is 14.2 Å². The van der Waals surface area contributed by atoms with Crippen molar-refractivity contribution in [3.05, 3.63) is 63.8 Å². The quantitative estimate of drug-likeness (QED) is 0.473. The number of aromatic nitrogens is 1. The first-order valence-electron chi connectivity index (χ1n) is 11.9. The van der Waals surface area contributed by atoms with Crippen LogP contribution >= 0.6 is 23.2 Å². The zero-order chi connectivity index (χ0) is 23.7. The maximum Gasteiger partial charge on any atom is 0.276 e. The summed E-state index contributed by atoms with van der Waals surface area (Å²) in [6, 6.07) is 13.9. The minimum absolute atomic E-state index is 0.0431. The van der Waals surface area contributed by atoms with Gasteiger partial charge in [-0.3, -0.25) is 9.69 Å². The average molecular weight is 502 g/mol. The molecule has 2 aromatic carbocycles. The minimum Gasteiger partial charge on any atom is -0.380 e. The van der Waals surface area contributed by atoms with Crippen LogP contribution in [0.1, 0.15) is 35.3 Å². The standard InChI is InChI=1S/C26H29Cl2N3O3/c1-33-24-16-31(11-8-18(24)14-17-6-7-21(27)22(28)15-17)19-9-12-30(13-10-19)26(32)25-20-4-2-3-5-23(20)34-29-25/h2-7,15,18-19,24H,8-14,16H2,1H3/t18?,24-/m1/s1. The van der Waals surface area contributed by atoms with Crippen molar-refractivity contribution in [1.29, 1.82) is 0 Å². The molecule has 34 heavy (non-hydrogen) atoms. The number of hydrogen-bond donors (Lipinski definition) is 0. The number of methoxy groups -OCH3 is 1. The number of piperidine rings is 2. The molecule has 3 aromatic rings. The Morgan fingerprint density at radius 3 is 2.65 bits per heavy atom. The van der Waals surface area contributed by atoms with E-state index >= 15 is 0 Å². The van der Waals surface area contributed by atoms with Crippen molar-refractivity contribution in [2.75, 3.05) is 33.3 Å². The number of nitrogens with zero attached hydrogens (tertiary/aromatic N) is 3. The van der Waals surface area contributed by atoms with Crippen LogP contribution in [0.25, 0.3) is 11.0 Å². The highest BCUT2D eigenvalue weighted by Crippen LogP contribution is 2.30. The first-order valence-corrected chi connectivity index (χ1v) is 12.6. The molecule has 2 atom stereocenters. The molecule has 0 aliphatic carbocycles. The smallest absolute Gasteiger partial charge is 0.276 e. The zero-order valence-corrected chi connectivity index (χ0v) is 20.8. The third-order valence-corrected chi connectivity index (χ3v) is 8.10. The zero-order valence-electron chi connectivity index (χ0n) is 19.3. The molecule has 0 bridgehead atoms. The number of likely N-dealkylation sites (tertiary alicyclic amines) is 2. The van der Waals surface area contributed by atoms with Gasteiger partial charge in [-0.05, 0) is 68.0 Å². The molecular formula is C26H29Cl2N3O3. The van der Waals surface area contributed by atoms with Crippen LogP contribution in [0, 0.1) is 5.92 Å². The van der Waals surface area contributed by atoms with Crippen LogP contribution in [0.3, 0.4) is 0 Å². The maximum absolute atomic E-state index is 13.1. The van der Waals surface area contributed by atoms with Gasteiger partial charge in [0.1, 0.15) is 0 Å². The number of ether oxygens (including phenoxy) is 1. The number of benzene rings is 2. The summed E-state index contributed by atoms with van der Waals surface area (Å²) >= 11 is 12.3. The fraction of sp³-hybridized carbons (Fsp3) is 0.462. The molecule has 6 nitrogen and oxygen atoms in total. The van der Waals surface area contributed by atoms with E-state index in [2.05, 4.69) is 16.1 Å². The van der Waals surface area contributed by atoms with Crippen molar-refractivity contribution in [2.45, 2.75) is 37.8 Å². The van der Waals surface area contributed by atoms with E-state index in [1.807, 2.05) is 41.3 Å². The summed E-state index contributed by atoms with van der Waals surface area (Å²) in [5.41, 5.74) is 2.26. The summed E-state index contributed by atoms with van der Waals surface area (Å²) in [5.74, 6) is 0.402. The maximum atomic E-state index is 13.1. The van der Waals surface area contributed by atoms with E-state index < -0.39 is 0 Å². The summed E-state index contributed by atoms with van der Waals surface area (Å²) in [6.07, 6.45) is 4.08. The number of carbonyl (C=O) groups excluding carboxylic acids is 1. The summed E-state index contributed by atoms with van der Waals surface area (Å²) in [4.78, 5) is 17.5. The number of para-hydroxylation sites is 1. The summed E-state index contributed by atoms with van der Waals surface area (Å²) in [5, 5.41) is 6.01. The third-order valence-electron chi connectivity index (χ3n) is 7.36. The number of halogens is 2. The second-order valence-electron chi connectivity index (χ2n) is 9.32. The van der Waals surface area contributed by atoms with Crippen LogP contribution < -0.4 is 0 Å². The fourth-order valence-electron chi connectivity index (χ4n) is 5.41. The van der Waals surface area contributed by atoms with E-state index in [9.17, 15) is 4.79 Å². The Morgan fingerprint density at radius 1 is 1.09 bits per heavy atom. The highest BCUT2D eigenvalue weighted by molar-refractivity contribution is 6.42. The van der Waals surface area contributed by atoms with Crippen LogP contribution in [0.2, 0.25) is 10.0 Å². The Bertz CT molecular complexity index is 1160. The van der Waals surface area contributed by atoms with Crippen molar-refractivity contribution in [3.63, 3.8) is 0 Å². The number of amides is 1. The normalized spacial score (nSPS) is 22.4. The summed E-state index contributed by atoms with van der Waals surface area (Å²) in [6.45, 7) is 3.41. The second-order valence-corrected chi connectivity index (χ2v) is 10.1. The van der Waals surface area contributed by atoms with E-state index in [1.165, 1.54) is 5.56 Å². The predicted octanol–water partition coefficient (Wildman–Crippen LogP) is 5.32. The van der Waals surface area contributed by atoms with E-state index in [1.54, 1.807) is 7.11 Å². The number of carbonyl (C=O) groups is 1. The molecular weight excluding hydrogens is 473 g/mol. The fourth-order valence-corrected chi connectivity index (χ4v) is 5.74. The van der Waals surface area contributed by atoms with Gasteiger partial charge in [-0.15, -0.1) is 0 Å². The molecule has 1 aromatic heterocycles. The van der Waals surface area contributed by atoms with E-state index in [0.29, 0.717) is 33.3 Å². The van der Waals surface area contributed by atoms with Gasteiger partial charge in [0.25, 0.3) is 5.91 Å². The lowest BCUT2D eigenvalue weighted by molar-refractivity contribution is -0.0326. The molecule has 2 fully saturated rings. The Hall–Kier alpha value is -2.12. The Morgan fingerprint density at radius 2 is 1.88 bits per heavy atom. The van der Waals surface area contributed by atoms with Crippen molar-refractivity contribution >= 4 is 40.1 Å². The second kappa shape index (κ2) is 10.2. The predicted molar refractivity (Wildman–Crippen MR) is 134 cm³/mol. The minimum atomic E-state index is -0.0431. The largest absolute Gasteiger partial charge is 0.380 e. The lowest BCUT2D eigenvalue weighted by atomic mass is 9.86. The van der Waals surface area contributed by atoms with Gasteiger partial charge in [0, 0.05) is 32.8 Å². The van der Waals surface area contributed by atoms with Crippen LogP contribution in [-0.2, 0) is 11.2 Å². The van der Waals surface area contributed by atoms with Crippen molar-refractivity contribution in [2.24, 2.45) is 5.92 Å². The van der Waals surface area contributed by atoms with Gasteiger partial charge in [0.15, 0.2) is 11.3 Å². The van der Waals surface area contributed by atoms with E-state index in [0.717, 1.165) is 57.2 Å². The molecule has 0 radical (unpaired) electrons. The van der Waals surface area contributed by atoms with Crippen LogP contribution in [0.4, 0.5) is 0 Å². The molecule has 2 aliphatic rings. The molecule has 2 aliphatic heterocycles. The van der Waals surface area contributed by atoms with Crippen molar-refractivity contribution in [1.82, 2.24) is 15.0 Å². The topological polar surface area (TPSA) is 58.8 Å². The van der Waals surface area contributed by atoms with Crippen LogP contribution in [0.5, 0.6) is 0 Å². The molecule has 2 saturated heterocycles. The van der Waals surface area contributed by atoms with Crippen LogP contribution in [-0.4, -0.2) is 66.3 Å². The van der Waals surface area contributed by atoms with Gasteiger partial charge >= 0.3 is 0 Å². The third kappa shape index (κ3) is 4.82. The lowest BCUT2D eigenvalue weighted by Crippen LogP contribution is -2.53.